The van der Waals surface area contributed by atoms with Gasteiger partial charge in [0.25, 0.3) is 6.71 Å². The van der Waals surface area contributed by atoms with Crippen molar-refractivity contribution in [2.75, 3.05) is 14.7 Å². The lowest BCUT2D eigenvalue weighted by atomic mass is 9.33. The molecule has 0 bridgehead atoms. The fourth-order valence-corrected chi connectivity index (χ4v) is 11.5. The summed E-state index contributed by atoms with van der Waals surface area (Å²) in [7, 11) is 0. The van der Waals surface area contributed by atoms with Gasteiger partial charge in [0, 0.05) is 36.4 Å². The van der Waals surface area contributed by atoms with Gasteiger partial charge in [0.05, 0.1) is 39.8 Å². The second-order valence-corrected chi connectivity index (χ2v) is 16.8. The number of fused-ring (bicyclic) bond motifs is 8. The van der Waals surface area contributed by atoms with Crippen molar-refractivity contribution < 1.29 is 0 Å². The molecule has 0 aromatic heterocycles. The van der Waals surface area contributed by atoms with Crippen molar-refractivity contribution in [3.8, 4) is 0 Å². The maximum atomic E-state index is 2.58. The lowest BCUT2D eigenvalue weighted by Gasteiger charge is -2.48. The molecule has 3 nitrogen and oxygen atoms in total. The maximum absolute atomic E-state index is 2.58. The number of para-hydroxylation sites is 5. The summed E-state index contributed by atoms with van der Waals surface area (Å²) < 4.78 is 0. The molecule has 0 atom stereocenters. The topological polar surface area (TPSA) is 9.72 Å². The molecule has 51 heavy (non-hydrogen) atoms. The van der Waals surface area contributed by atoms with Gasteiger partial charge in [-0.05, 0) is 96.0 Å². The maximum Gasteiger partial charge on any atom is 0.252 e. The molecular weight excluding hydrogens is 657 g/mol. The van der Waals surface area contributed by atoms with Crippen LogP contribution >= 0.6 is 23.5 Å². The fraction of sp³-hybridized carbons (Fsp3) is 0.111. The molecule has 0 amide bonds. The predicted octanol–water partition coefficient (Wildman–Crippen LogP) is 10.9. The Balaban J connectivity index is 1.29. The standard InChI is InChI=1S/C45H34BN3S2/c1-5-14-33-27(2)50-40-23-12-17-31-43(40)48(33)37-25-28(47-34-19-8-6-15-29(34)45(3,4)30-16-7-9-20-35(30)47)26-38-42(37)46(31)32-18-13-24-41-44(32)49(38)36-21-10-11-22-39(36)51-41/h5-26H,1-4H3/b14-5-. The van der Waals surface area contributed by atoms with Crippen molar-refractivity contribution in [1.82, 2.24) is 0 Å². The van der Waals surface area contributed by atoms with E-state index < -0.39 is 0 Å². The minimum absolute atomic E-state index is 0.109. The van der Waals surface area contributed by atoms with Gasteiger partial charge in [-0.3, -0.25) is 0 Å². The number of rotatable bonds is 2. The van der Waals surface area contributed by atoms with Gasteiger partial charge in [0.1, 0.15) is 0 Å². The van der Waals surface area contributed by atoms with E-state index in [0.717, 1.165) is 0 Å². The molecule has 5 aliphatic rings. The highest BCUT2D eigenvalue weighted by molar-refractivity contribution is 8.03. The van der Waals surface area contributed by atoms with Crippen LogP contribution in [-0.2, 0) is 5.41 Å². The number of hydrogen-bond donors (Lipinski definition) is 0. The Hall–Kier alpha value is -5.04. The molecule has 0 fully saturated rings. The van der Waals surface area contributed by atoms with Crippen LogP contribution in [0.5, 0.6) is 0 Å². The minimum atomic E-state index is -0.134. The van der Waals surface area contributed by atoms with Crippen molar-refractivity contribution in [1.29, 1.82) is 0 Å². The molecule has 0 spiro atoms. The third kappa shape index (κ3) is 3.84. The van der Waals surface area contributed by atoms with Gasteiger partial charge in [0.15, 0.2) is 0 Å². The molecule has 5 aliphatic heterocycles. The van der Waals surface area contributed by atoms with Gasteiger partial charge in [-0.1, -0.05) is 116 Å². The van der Waals surface area contributed by atoms with Gasteiger partial charge < -0.3 is 14.7 Å². The smallest absolute Gasteiger partial charge is 0.252 e. The molecule has 6 aromatic rings. The molecule has 0 radical (unpaired) electrons. The van der Waals surface area contributed by atoms with Crippen molar-refractivity contribution in [3.63, 3.8) is 0 Å². The molecule has 0 N–H and O–H groups in total. The van der Waals surface area contributed by atoms with Crippen molar-refractivity contribution in [2.24, 2.45) is 0 Å². The van der Waals surface area contributed by atoms with Crippen LogP contribution in [0.2, 0.25) is 0 Å². The minimum Gasteiger partial charge on any atom is -0.310 e. The van der Waals surface area contributed by atoms with E-state index in [2.05, 4.69) is 176 Å². The molecular formula is C45H34BN3S2. The van der Waals surface area contributed by atoms with Crippen LogP contribution in [0, 0.1) is 0 Å². The summed E-state index contributed by atoms with van der Waals surface area (Å²) in [6, 6.07) is 45.8. The van der Waals surface area contributed by atoms with Crippen LogP contribution in [0.3, 0.4) is 0 Å². The normalized spacial score (nSPS) is 16.7. The van der Waals surface area contributed by atoms with Crippen LogP contribution in [-0.4, -0.2) is 6.71 Å². The van der Waals surface area contributed by atoms with Crippen LogP contribution in [0.15, 0.2) is 159 Å². The average molecular weight is 692 g/mol. The van der Waals surface area contributed by atoms with Crippen LogP contribution in [0.25, 0.3) is 0 Å². The molecule has 0 saturated carbocycles. The van der Waals surface area contributed by atoms with Crippen LogP contribution < -0.4 is 31.1 Å². The monoisotopic (exact) mass is 691 g/mol. The van der Waals surface area contributed by atoms with Gasteiger partial charge in [-0.25, -0.2) is 0 Å². The van der Waals surface area contributed by atoms with E-state index in [9.17, 15) is 0 Å². The number of benzene rings is 6. The number of allylic oxidation sites excluding steroid dienone is 3. The van der Waals surface area contributed by atoms with Crippen molar-refractivity contribution in [2.45, 2.75) is 47.8 Å². The lowest BCUT2D eigenvalue weighted by Crippen LogP contribution is -2.62. The zero-order valence-corrected chi connectivity index (χ0v) is 30.6. The highest BCUT2D eigenvalue weighted by Gasteiger charge is 2.48. The number of nitrogens with zero attached hydrogens (tertiary/aromatic N) is 3. The Morgan fingerprint density at radius 3 is 1.78 bits per heavy atom. The second kappa shape index (κ2) is 10.5. The number of hydrogen-bond acceptors (Lipinski definition) is 5. The summed E-state index contributed by atoms with van der Waals surface area (Å²) in [5.41, 5.74) is 18.0. The zero-order valence-electron chi connectivity index (χ0n) is 28.9. The first-order chi connectivity index (χ1) is 25.0. The summed E-state index contributed by atoms with van der Waals surface area (Å²) in [6.45, 7) is 9.25. The van der Waals surface area contributed by atoms with E-state index in [1.54, 1.807) is 0 Å². The third-order valence-electron chi connectivity index (χ3n) is 11.4. The summed E-state index contributed by atoms with van der Waals surface area (Å²) >= 11 is 3.80. The highest BCUT2D eigenvalue weighted by Crippen LogP contribution is 2.58. The fourth-order valence-electron chi connectivity index (χ4n) is 9.33. The Kier molecular flexibility index (Phi) is 6.11. The Bertz CT molecular complexity index is 2540. The summed E-state index contributed by atoms with van der Waals surface area (Å²) in [5, 5.41) is 0. The summed E-state index contributed by atoms with van der Waals surface area (Å²) in [5.74, 6) is 0. The third-order valence-corrected chi connectivity index (χ3v) is 13.6. The molecule has 0 unspecified atom stereocenters. The Labute approximate surface area is 308 Å². The molecule has 11 rings (SSSR count). The predicted molar refractivity (Wildman–Crippen MR) is 219 cm³/mol. The van der Waals surface area contributed by atoms with Gasteiger partial charge in [-0.2, -0.15) is 0 Å². The first-order valence-electron chi connectivity index (χ1n) is 17.8. The summed E-state index contributed by atoms with van der Waals surface area (Å²) in [6.07, 6.45) is 4.49. The molecule has 6 heteroatoms. The van der Waals surface area contributed by atoms with E-state index in [1.807, 2.05) is 23.5 Å². The molecule has 0 saturated heterocycles. The zero-order chi connectivity index (χ0) is 34.2. The molecule has 0 aliphatic carbocycles. The Morgan fingerprint density at radius 1 is 0.569 bits per heavy atom. The van der Waals surface area contributed by atoms with Gasteiger partial charge in [0.2, 0.25) is 0 Å². The quantitative estimate of drug-likeness (QED) is 0.167. The lowest BCUT2D eigenvalue weighted by molar-refractivity contribution is 0.632. The van der Waals surface area contributed by atoms with E-state index >= 15 is 0 Å². The number of anilines is 8. The molecule has 244 valence electrons. The molecule has 6 aromatic carbocycles. The van der Waals surface area contributed by atoms with E-state index in [1.165, 1.54) is 98.3 Å². The first kappa shape index (κ1) is 29.7. The number of thioether (sulfide) groups is 1. The van der Waals surface area contributed by atoms with Gasteiger partial charge in [-0.15, -0.1) is 0 Å². The highest BCUT2D eigenvalue weighted by atomic mass is 32.2. The van der Waals surface area contributed by atoms with E-state index in [-0.39, 0.29) is 12.1 Å². The van der Waals surface area contributed by atoms with Crippen LogP contribution in [0.1, 0.15) is 38.8 Å². The van der Waals surface area contributed by atoms with E-state index in [4.69, 9.17) is 0 Å². The van der Waals surface area contributed by atoms with Crippen molar-refractivity contribution >= 4 is 92.1 Å². The van der Waals surface area contributed by atoms with Gasteiger partial charge >= 0.3 is 0 Å². The average Bonchev–Trinajstić information content (AvgIpc) is 3.15. The molecule has 5 heterocycles. The second-order valence-electron chi connectivity index (χ2n) is 14.5. The van der Waals surface area contributed by atoms with Crippen LogP contribution in [0.4, 0.5) is 45.5 Å². The summed E-state index contributed by atoms with van der Waals surface area (Å²) in [4.78, 5) is 12.9. The first-order valence-corrected chi connectivity index (χ1v) is 19.4. The largest absolute Gasteiger partial charge is 0.310 e. The SMILES string of the molecule is C/C=C\C1=C(C)Sc2cccc3c2N1c1cc(N2c4ccccc4C(C)(C)c4ccccc42)cc2c1B3c1cccc3c1N2c1ccccc1S3. The van der Waals surface area contributed by atoms with E-state index in [0.29, 0.717) is 0 Å². The van der Waals surface area contributed by atoms with Crippen molar-refractivity contribution in [3.05, 3.63) is 155 Å². The Morgan fingerprint density at radius 2 is 1.12 bits per heavy atom.